The molecule has 0 saturated carbocycles. The van der Waals surface area contributed by atoms with Crippen LogP contribution in [0.5, 0.6) is 0 Å². The zero-order valence-corrected chi connectivity index (χ0v) is 19.4. The van der Waals surface area contributed by atoms with Crippen LogP contribution in [0.3, 0.4) is 0 Å². The fraction of sp³-hybridized carbons (Fsp3) is 0.240. The molecule has 1 aromatic heterocycles. The second-order valence-electron chi connectivity index (χ2n) is 7.50. The number of halogens is 2. The highest BCUT2D eigenvalue weighted by molar-refractivity contribution is 6.31. The van der Waals surface area contributed by atoms with Crippen LogP contribution in [-0.4, -0.2) is 48.8 Å². The van der Waals surface area contributed by atoms with Crippen molar-refractivity contribution in [2.45, 2.75) is 6.92 Å². The van der Waals surface area contributed by atoms with E-state index in [1.165, 1.54) is 18.2 Å². The molecule has 2 heterocycles. The lowest BCUT2D eigenvalue weighted by Crippen LogP contribution is -2.37. The molecule has 1 aliphatic rings. The molecule has 1 saturated heterocycles. The van der Waals surface area contributed by atoms with Gasteiger partial charge in [-0.25, -0.2) is 14.2 Å². The van der Waals surface area contributed by atoms with Crippen molar-refractivity contribution in [3.05, 3.63) is 71.1 Å². The minimum absolute atomic E-state index is 0.0164. The summed E-state index contributed by atoms with van der Waals surface area (Å²) in [4.78, 5) is 23.1. The summed E-state index contributed by atoms with van der Waals surface area (Å²) in [5.74, 6) is 0.239. The highest BCUT2D eigenvalue weighted by Gasteiger charge is 2.19. The van der Waals surface area contributed by atoms with Gasteiger partial charge < -0.3 is 19.7 Å². The highest BCUT2D eigenvalue weighted by atomic mass is 35.5. The predicted octanol–water partition coefficient (Wildman–Crippen LogP) is 5.09. The minimum Gasteiger partial charge on any atom is -0.463 e. The number of carbonyl (C=O) groups excluding carboxylic acids is 1. The Kier molecular flexibility index (Phi) is 7.72. The Morgan fingerprint density at radius 2 is 2.09 bits per heavy atom. The van der Waals surface area contributed by atoms with Gasteiger partial charge in [0.2, 0.25) is 5.95 Å². The second-order valence-corrected chi connectivity index (χ2v) is 7.90. The summed E-state index contributed by atoms with van der Waals surface area (Å²) in [6.07, 6.45) is 4.87. The van der Waals surface area contributed by atoms with E-state index in [0.717, 1.165) is 22.5 Å². The van der Waals surface area contributed by atoms with Gasteiger partial charge in [-0.1, -0.05) is 29.8 Å². The summed E-state index contributed by atoms with van der Waals surface area (Å²) < 4.78 is 24.0. The number of benzene rings is 2. The lowest BCUT2D eigenvalue weighted by molar-refractivity contribution is -0.137. The smallest absolute Gasteiger partial charge is 0.330 e. The van der Waals surface area contributed by atoms with Crippen molar-refractivity contribution in [2.24, 2.45) is 0 Å². The minimum atomic E-state index is -0.491. The first-order valence-corrected chi connectivity index (χ1v) is 11.3. The van der Waals surface area contributed by atoms with E-state index in [9.17, 15) is 9.18 Å². The van der Waals surface area contributed by atoms with E-state index in [2.05, 4.69) is 15.2 Å². The molecule has 0 atom stereocenters. The molecule has 0 bridgehead atoms. The predicted molar refractivity (Wildman–Crippen MR) is 131 cm³/mol. The molecule has 1 aliphatic heterocycles. The van der Waals surface area contributed by atoms with Gasteiger partial charge in [0, 0.05) is 36.6 Å². The van der Waals surface area contributed by atoms with Crippen LogP contribution in [-0.2, 0) is 14.3 Å². The Balaban J connectivity index is 1.67. The number of hydrogen-bond acceptors (Lipinski definition) is 7. The maximum absolute atomic E-state index is 13.5. The third kappa shape index (κ3) is 5.89. The Morgan fingerprint density at radius 3 is 2.85 bits per heavy atom. The molecule has 34 heavy (non-hydrogen) atoms. The largest absolute Gasteiger partial charge is 0.463 e. The van der Waals surface area contributed by atoms with Crippen molar-refractivity contribution in [3.63, 3.8) is 0 Å². The van der Waals surface area contributed by atoms with Gasteiger partial charge in [-0.3, -0.25) is 0 Å². The van der Waals surface area contributed by atoms with E-state index in [1.54, 1.807) is 25.3 Å². The summed E-state index contributed by atoms with van der Waals surface area (Å²) in [5, 5.41) is 3.11. The first-order chi connectivity index (χ1) is 16.5. The van der Waals surface area contributed by atoms with Crippen LogP contribution in [0.2, 0.25) is 5.02 Å². The number of nitrogens with zero attached hydrogens (tertiary/aromatic N) is 3. The van der Waals surface area contributed by atoms with Gasteiger partial charge in [0.25, 0.3) is 0 Å². The first kappa shape index (κ1) is 23.7. The SMILES string of the molecule is CCOC(=O)C=Cc1cccc(-c2cnc(Nc3ccc(F)c(Cl)c3)nc2N2CCOCC2)c1. The number of carbonyl (C=O) groups is 1. The molecule has 0 amide bonds. The number of hydrogen-bond donors (Lipinski definition) is 1. The molecule has 0 unspecified atom stereocenters. The van der Waals surface area contributed by atoms with Gasteiger partial charge in [-0.15, -0.1) is 0 Å². The summed E-state index contributed by atoms with van der Waals surface area (Å²) in [6, 6.07) is 12.1. The third-order valence-electron chi connectivity index (χ3n) is 5.15. The average Bonchev–Trinajstić information content (AvgIpc) is 2.86. The Hall–Kier alpha value is -3.49. The van der Waals surface area contributed by atoms with Gasteiger partial charge in [-0.2, -0.15) is 4.98 Å². The van der Waals surface area contributed by atoms with Gasteiger partial charge in [0.1, 0.15) is 11.6 Å². The maximum Gasteiger partial charge on any atom is 0.330 e. The zero-order chi connectivity index (χ0) is 23.9. The molecule has 0 spiro atoms. The second kappa shape index (κ2) is 11.1. The van der Waals surface area contributed by atoms with Gasteiger partial charge in [0.15, 0.2) is 0 Å². The molecular weight excluding hydrogens is 459 g/mol. The van der Waals surface area contributed by atoms with Gasteiger partial charge in [-0.05, 0) is 48.4 Å². The molecular formula is C25H24ClFN4O3. The van der Waals surface area contributed by atoms with E-state index in [1.807, 2.05) is 24.3 Å². The first-order valence-electron chi connectivity index (χ1n) is 10.9. The van der Waals surface area contributed by atoms with Crippen LogP contribution >= 0.6 is 11.6 Å². The van der Waals surface area contributed by atoms with E-state index >= 15 is 0 Å². The van der Waals surface area contributed by atoms with E-state index in [-0.39, 0.29) is 11.0 Å². The lowest BCUT2D eigenvalue weighted by atomic mass is 10.0. The van der Waals surface area contributed by atoms with Gasteiger partial charge in [0.05, 0.1) is 24.8 Å². The molecule has 7 nitrogen and oxygen atoms in total. The van der Waals surface area contributed by atoms with E-state index in [4.69, 9.17) is 26.1 Å². The van der Waals surface area contributed by atoms with Crippen molar-refractivity contribution in [2.75, 3.05) is 43.1 Å². The van der Waals surface area contributed by atoms with Crippen molar-refractivity contribution in [3.8, 4) is 11.1 Å². The molecule has 176 valence electrons. The number of nitrogens with one attached hydrogen (secondary N) is 1. The molecule has 2 aromatic carbocycles. The molecule has 1 N–H and O–H groups in total. The topological polar surface area (TPSA) is 76.6 Å². The Labute approximate surface area is 202 Å². The van der Waals surface area contributed by atoms with Crippen molar-refractivity contribution in [1.29, 1.82) is 0 Å². The number of morpholine rings is 1. The summed E-state index contributed by atoms with van der Waals surface area (Å²) in [6.45, 7) is 4.67. The summed E-state index contributed by atoms with van der Waals surface area (Å²) >= 11 is 5.90. The summed E-state index contributed by atoms with van der Waals surface area (Å²) in [5.41, 5.74) is 3.18. The fourth-order valence-electron chi connectivity index (χ4n) is 3.52. The van der Waals surface area contributed by atoms with Crippen molar-refractivity contribution in [1.82, 2.24) is 9.97 Å². The number of ether oxygens (including phenoxy) is 2. The highest BCUT2D eigenvalue weighted by Crippen LogP contribution is 2.32. The van der Waals surface area contributed by atoms with Crippen molar-refractivity contribution >= 4 is 41.1 Å². The van der Waals surface area contributed by atoms with E-state index < -0.39 is 5.82 Å². The van der Waals surface area contributed by atoms with E-state index in [0.29, 0.717) is 44.5 Å². The van der Waals surface area contributed by atoms with Crippen LogP contribution in [0.15, 0.2) is 54.7 Å². The summed E-state index contributed by atoms with van der Waals surface area (Å²) in [7, 11) is 0. The molecule has 0 radical (unpaired) electrons. The number of esters is 1. The number of rotatable bonds is 7. The van der Waals surface area contributed by atoms with Crippen LogP contribution in [0.25, 0.3) is 17.2 Å². The quantitative estimate of drug-likeness (QED) is 0.371. The lowest BCUT2D eigenvalue weighted by Gasteiger charge is -2.29. The molecule has 0 aliphatic carbocycles. The Bertz CT molecular complexity index is 1200. The average molecular weight is 483 g/mol. The fourth-order valence-corrected chi connectivity index (χ4v) is 3.70. The number of anilines is 3. The van der Waals surface area contributed by atoms with Gasteiger partial charge >= 0.3 is 5.97 Å². The van der Waals surface area contributed by atoms with Crippen LogP contribution in [0.4, 0.5) is 21.8 Å². The maximum atomic E-state index is 13.5. The third-order valence-corrected chi connectivity index (χ3v) is 5.44. The zero-order valence-electron chi connectivity index (χ0n) is 18.6. The molecule has 4 rings (SSSR count). The Morgan fingerprint density at radius 1 is 1.26 bits per heavy atom. The van der Waals surface area contributed by atoms with Crippen LogP contribution in [0, 0.1) is 5.82 Å². The molecule has 1 fully saturated rings. The van der Waals surface area contributed by atoms with Crippen molar-refractivity contribution < 1.29 is 18.7 Å². The molecule has 3 aromatic rings. The monoisotopic (exact) mass is 482 g/mol. The normalized spacial score (nSPS) is 13.8. The molecule has 9 heteroatoms. The standard InChI is InChI=1S/C25H24ClFN4O3/c1-2-34-23(32)9-6-17-4-3-5-18(14-17)20-16-28-25(29-19-7-8-22(27)21(26)15-19)30-24(20)31-10-12-33-13-11-31/h3-9,14-16H,2,10-13H2,1H3,(H,28,29,30). The van der Waals surface area contributed by atoms with Crippen LogP contribution in [0.1, 0.15) is 12.5 Å². The van der Waals surface area contributed by atoms with Crippen LogP contribution < -0.4 is 10.2 Å². The number of aromatic nitrogens is 2.